The molecule has 0 aromatic rings. The van der Waals surface area contributed by atoms with E-state index in [4.69, 9.17) is 5.11 Å². The lowest BCUT2D eigenvalue weighted by molar-refractivity contribution is 0.256. The normalized spacial score (nSPS) is 19.7. The SMILES string of the molecule is CCN(C1CCCCC1)S(=O)(=O)CCO. The summed E-state index contributed by atoms with van der Waals surface area (Å²) in [6, 6.07) is 0.167. The van der Waals surface area contributed by atoms with Gasteiger partial charge in [0.05, 0.1) is 12.4 Å². The summed E-state index contributed by atoms with van der Waals surface area (Å²) in [5.74, 6) is -0.142. The zero-order chi connectivity index (χ0) is 11.3. The van der Waals surface area contributed by atoms with Crippen LogP contribution in [0.25, 0.3) is 0 Å². The van der Waals surface area contributed by atoms with Crippen LogP contribution in [-0.4, -0.2) is 42.8 Å². The Hall–Kier alpha value is -0.130. The quantitative estimate of drug-likeness (QED) is 0.772. The topological polar surface area (TPSA) is 57.6 Å². The van der Waals surface area contributed by atoms with Gasteiger partial charge in [0.1, 0.15) is 0 Å². The zero-order valence-electron chi connectivity index (χ0n) is 9.35. The van der Waals surface area contributed by atoms with E-state index >= 15 is 0 Å². The van der Waals surface area contributed by atoms with Crippen molar-refractivity contribution in [3.8, 4) is 0 Å². The molecule has 0 atom stereocenters. The highest BCUT2D eigenvalue weighted by Gasteiger charge is 2.28. The maximum Gasteiger partial charge on any atom is 0.216 e. The zero-order valence-corrected chi connectivity index (χ0v) is 10.2. The van der Waals surface area contributed by atoms with Crippen molar-refractivity contribution >= 4 is 10.0 Å². The monoisotopic (exact) mass is 235 g/mol. The maximum atomic E-state index is 11.8. The Balaban J connectivity index is 2.68. The minimum absolute atomic E-state index is 0.142. The van der Waals surface area contributed by atoms with E-state index in [1.165, 1.54) is 6.42 Å². The molecule has 0 heterocycles. The second-order valence-corrected chi connectivity index (χ2v) is 6.08. The first-order valence-corrected chi connectivity index (χ1v) is 7.33. The summed E-state index contributed by atoms with van der Waals surface area (Å²) in [5.41, 5.74) is 0. The summed E-state index contributed by atoms with van der Waals surface area (Å²) in [6.45, 7) is 2.10. The van der Waals surface area contributed by atoms with Crippen LogP contribution in [0.5, 0.6) is 0 Å². The predicted molar refractivity (Wildman–Crippen MR) is 60.1 cm³/mol. The molecular formula is C10H21NO3S. The Morgan fingerprint density at radius 1 is 1.27 bits per heavy atom. The van der Waals surface area contributed by atoms with E-state index < -0.39 is 10.0 Å². The molecular weight excluding hydrogens is 214 g/mol. The number of hydrogen-bond donors (Lipinski definition) is 1. The van der Waals surface area contributed by atoms with Gasteiger partial charge in [0.15, 0.2) is 0 Å². The largest absolute Gasteiger partial charge is 0.395 e. The van der Waals surface area contributed by atoms with Gasteiger partial charge in [0, 0.05) is 12.6 Å². The maximum absolute atomic E-state index is 11.8. The smallest absolute Gasteiger partial charge is 0.216 e. The molecule has 1 saturated carbocycles. The fraction of sp³-hybridized carbons (Fsp3) is 1.00. The molecule has 15 heavy (non-hydrogen) atoms. The lowest BCUT2D eigenvalue weighted by atomic mass is 9.95. The summed E-state index contributed by atoms with van der Waals surface area (Å²) in [5, 5.41) is 8.74. The molecule has 1 N–H and O–H groups in total. The van der Waals surface area contributed by atoms with Crippen molar-refractivity contribution in [1.29, 1.82) is 0 Å². The predicted octanol–water partition coefficient (Wildman–Crippen LogP) is 0.963. The molecule has 1 rings (SSSR count). The Bertz CT molecular complexity index is 270. The van der Waals surface area contributed by atoms with E-state index in [0.29, 0.717) is 6.54 Å². The molecule has 0 aromatic carbocycles. The van der Waals surface area contributed by atoms with Crippen LogP contribution in [0, 0.1) is 0 Å². The number of hydrogen-bond acceptors (Lipinski definition) is 3. The summed E-state index contributed by atoms with van der Waals surface area (Å²) in [6.07, 6.45) is 5.40. The van der Waals surface area contributed by atoms with Gasteiger partial charge in [-0.25, -0.2) is 8.42 Å². The van der Waals surface area contributed by atoms with Crippen LogP contribution < -0.4 is 0 Å². The lowest BCUT2D eigenvalue weighted by Gasteiger charge is -2.32. The van der Waals surface area contributed by atoms with Crippen LogP contribution in [0.2, 0.25) is 0 Å². The number of rotatable bonds is 5. The standard InChI is InChI=1S/C10H21NO3S/c1-2-11(15(13,14)9-8-12)10-6-4-3-5-7-10/h10,12H,2-9H2,1H3. The molecule has 1 aliphatic carbocycles. The van der Waals surface area contributed by atoms with Crippen molar-refractivity contribution in [2.45, 2.75) is 45.1 Å². The second kappa shape index (κ2) is 5.82. The van der Waals surface area contributed by atoms with Crippen LogP contribution in [0.15, 0.2) is 0 Å². The van der Waals surface area contributed by atoms with Gasteiger partial charge in [-0.1, -0.05) is 26.2 Å². The first kappa shape index (κ1) is 12.9. The highest BCUT2D eigenvalue weighted by Crippen LogP contribution is 2.24. The van der Waals surface area contributed by atoms with Gasteiger partial charge in [-0.05, 0) is 12.8 Å². The molecule has 90 valence electrons. The minimum Gasteiger partial charge on any atom is -0.395 e. The minimum atomic E-state index is -3.24. The first-order valence-electron chi connectivity index (χ1n) is 5.72. The van der Waals surface area contributed by atoms with Crippen LogP contribution in [-0.2, 0) is 10.0 Å². The van der Waals surface area contributed by atoms with Crippen molar-refractivity contribution in [2.24, 2.45) is 0 Å². The molecule has 0 bridgehead atoms. The molecule has 1 aliphatic rings. The van der Waals surface area contributed by atoms with Gasteiger partial charge in [0.25, 0.3) is 0 Å². The summed E-state index contributed by atoms with van der Waals surface area (Å²) < 4.78 is 25.2. The number of nitrogens with zero attached hydrogens (tertiary/aromatic N) is 1. The van der Waals surface area contributed by atoms with Crippen LogP contribution >= 0.6 is 0 Å². The summed E-state index contributed by atoms with van der Waals surface area (Å²) in [7, 11) is -3.24. The molecule has 0 aromatic heterocycles. The average molecular weight is 235 g/mol. The van der Waals surface area contributed by atoms with Crippen molar-refractivity contribution in [3.05, 3.63) is 0 Å². The Morgan fingerprint density at radius 2 is 1.87 bits per heavy atom. The molecule has 0 radical (unpaired) electrons. The van der Waals surface area contributed by atoms with E-state index in [0.717, 1.165) is 25.7 Å². The van der Waals surface area contributed by atoms with Gasteiger partial charge in [-0.3, -0.25) is 0 Å². The molecule has 0 aliphatic heterocycles. The first-order chi connectivity index (χ1) is 7.11. The summed E-state index contributed by atoms with van der Waals surface area (Å²) in [4.78, 5) is 0. The highest BCUT2D eigenvalue weighted by atomic mass is 32.2. The van der Waals surface area contributed by atoms with E-state index in [2.05, 4.69) is 0 Å². The number of sulfonamides is 1. The van der Waals surface area contributed by atoms with Crippen molar-refractivity contribution < 1.29 is 13.5 Å². The molecule has 0 saturated heterocycles. The van der Waals surface area contributed by atoms with Gasteiger partial charge < -0.3 is 5.11 Å². The van der Waals surface area contributed by atoms with Crippen LogP contribution in [0.3, 0.4) is 0 Å². The van der Waals surface area contributed by atoms with Gasteiger partial charge in [0.2, 0.25) is 10.0 Å². The van der Waals surface area contributed by atoms with Gasteiger partial charge in [-0.15, -0.1) is 0 Å². The van der Waals surface area contributed by atoms with E-state index in [1.54, 1.807) is 4.31 Å². The van der Waals surface area contributed by atoms with Gasteiger partial charge >= 0.3 is 0 Å². The van der Waals surface area contributed by atoms with Crippen LogP contribution in [0.1, 0.15) is 39.0 Å². The van der Waals surface area contributed by atoms with Crippen molar-refractivity contribution in [3.63, 3.8) is 0 Å². The van der Waals surface area contributed by atoms with E-state index in [1.807, 2.05) is 6.92 Å². The highest BCUT2D eigenvalue weighted by molar-refractivity contribution is 7.89. The third-order valence-electron chi connectivity index (χ3n) is 3.00. The Morgan fingerprint density at radius 3 is 2.33 bits per heavy atom. The second-order valence-electron chi connectivity index (χ2n) is 4.03. The van der Waals surface area contributed by atoms with Crippen molar-refractivity contribution in [2.75, 3.05) is 18.9 Å². The third kappa shape index (κ3) is 3.43. The van der Waals surface area contributed by atoms with Gasteiger partial charge in [-0.2, -0.15) is 4.31 Å². The molecule has 1 fully saturated rings. The number of aliphatic hydroxyl groups excluding tert-OH is 1. The van der Waals surface area contributed by atoms with E-state index in [9.17, 15) is 8.42 Å². The van der Waals surface area contributed by atoms with Crippen molar-refractivity contribution in [1.82, 2.24) is 4.31 Å². The molecule has 0 amide bonds. The third-order valence-corrected chi connectivity index (χ3v) is 4.97. The fourth-order valence-corrected chi connectivity index (χ4v) is 3.81. The molecule has 0 unspecified atom stereocenters. The average Bonchev–Trinajstić information content (AvgIpc) is 2.19. The summed E-state index contributed by atoms with van der Waals surface area (Å²) >= 11 is 0. The van der Waals surface area contributed by atoms with E-state index in [-0.39, 0.29) is 18.4 Å². The Labute approximate surface area is 92.3 Å². The fourth-order valence-electron chi connectivity index (χ4n) is 2.28. The van der Waals surface area contributed by atoms with Crippen LogP contribution in [0.4, 0.5) is 0 Å². The molecule has 0 spiro atoms. The Kier molecular flexibility index (Phi) is 5.02. The molecule has 5 heteroatoms. The lowest BCUT2D eigenvalue weighted by Crippen LogP contribution is -2.42. The number of aliphatic hydroxyl groups is 1. The molecule has 4 nitrogen and oxygen atoms in total.